The molecule has 0 spiro atoms. The molecule has 0 unspecified atom stereocenters. The Balaban J connectivity index is 1.83. The van der Waals surface area contributed by atoms with Gasteiger partial charge in [-0.25, -0.2) is 8.42 Å². The third-order valence-corrected chi connectivity index (χ3v) is 9.89. The number of nitrogens with one attached hydrogen (secondary N) is 1. The van der Waals surface area contributed by atoms with Crippen LogP contribution in [-0.4, -0.2) is 44.8 Å². The predicted octanol–water partition coefficient (Wildman–Crippen LogP) is 6.50. The van der Waals surface area contributed by atoms with Crippen molar-refractivity contribution >= 4 is 50.7 Å². The lowest BCUT2D eigenvalue weighted by Crippen LogP contribution is -2.53. The van der Waals surface area contributed by atoms with Crippen molar-refractivity contribution < 1.29 is 18.0 Å². The zero-order chi connectivity index (χ0) is 32.0. The summed E-state index contributed by atoms with van der Waals surface area (Å²) in [5.41, 5.74) is 4.28. The molecule has 0 aliphatic carbocycles. The van der Waals surface area contributed by atoms with Gasteiger partial charge in [0.2, 0.25) is 11.8 Å². The van der Waals surface area contributed by atoms with E-state index in [9.17, 15) is 18.0 Å². The van der Waals surface area contributed by atoms with Crippen molar-refractivity contribution in [3.05, 3.63) is 129 Å². The summed E-state index contributed by atoms with van der Waals surface area (Å²) >= 11 is 12.5. The van der Waals surface area contributed by atoms with E-state index in [4.69, 9.17) is 23.2 Å². The number of carbonyl (C=O) groups excluding carboxylic acids is 2. The van der Waals surface area contributed by atoms with E-state index in [1.54, 1.807) is 43.3 Å². The molecule has 0 saturated carbocycles. The van der Waals surface area contributed by atoms with Gasteiger partial charge in [-0.2, -0.15) is 0 Å². The second-order valence-electron chi connectivity index (χ2n) is 10.7. The van der Waals surface area contributed by atoms with Crippen LogP contribution in [0, 0.1) is 20.8 Å². The number of anilines is 1. The average molecular weight is 653 g/mol. The summed E-state index contributed by atoms with van der Waals surface area (Å²) in [6.07, 6.45) is 0.210. The Morgan fingerprint density at radius 2 is 1.45 bits per heavy atom. The van der Waals surface area contributed by atoms with E-state index in [1.807, 2.05) is 56.3 Å². The fourth-order valence-electron chi connectivity index (χ4n) is 4.89. The highest BCUT2D eigenvalue weighted by Gasteiger charge is 2.35. The number of halogens is 2. The van der Waals surface area contributed by atoms with Gasteiger partial charge in [0, 0.05) is 20.0 Å². The Morgan fingerprint density at radius 1 is 0.795 bits per heavy atom. The molecule has 0 fully saturated rings. The highest BCUT2D eigenvalue weighted by Crippen LogP contribution is 2.29. The molecule has 1 atom stereocenters. The molecule has 4 aromatic rings. The first-order chi connectivity index (χ1) is 20.9. The average Bonchev–Trinajstić information content (AvgIpc) is 3.01. The standard InChI is InChI=1S/C34H35Cl2N3O4S/c1-23-11-15-28(16-12-23)44(42,43)39(31-18-24(2)10-13-25(31)3)22-33(40)38(21-27-14-17-29(35)30(36)19-27)32(34(41)37-4)20-26-8-6-5-7-9-26/h5-19,32H,20-22H2,1-4H3,(H,37,41)/t32-/m1/s1. The molecule has 1 N–H and O–H groups in total. The zero-order valence-corrected chi connectivity index (χ0v) is 27.4. The summed E-state index contributed by atoms with van der Waals surface area (Å²) in [4.78, 5) is 29.3. The fraction of sp³-hybridized carbons (Fsp3) is 0.235. The summed E-state index contributed by atoms with van der Waals surface area (Å²) < 4.78 is 29.5. The van der Waals surface area contributed by atoms with Gasteiger partial charge in [-0.15, -0.1) is 0 Å². The van der Waals surface area contributed by atoms with Crippen LogP contribution in [0.1, 0.15) is 27.8 Å². The zero-order valence-electron chi connectivity index (χ0n) is 25.1. The maximum absolute atomic E-state index is 14.4. The minimum atomic E-state index is -4.19. The van der Waals surface area contributed by atoms with Crippen LogP contribution in [0.4, 0.5) is 5.69 Å². The van der Waals surface area contributed by atoms with Gasteiger partial charge in [0.05, 0.1) is 20.6 Å². The maximum Gasteiger partial charge on any atom is 0.264 e. The van der Waals surface area contributed by atoms with E-state index in [1.165, 1.54) is 24.1 Å². The van der Waals surface area contributed by atoms with Crippen LogP contribution in [0.2, 0.25) is 10.0 Å². The molecule has 0 saturated heterocycles. The number of carbonyl (C=O) groups is 2. The Labute approximate surface area is 269 Å². The van der Waals surface area contributed by atoms with Crippen LogP contribution < -0.4 is 9.62 Å². The summed E-state index contributed by atoms with van der Waals surface area (Å²) in [7, 11) is -2.68. The van der Waals surface area contributed by atoms with Gasteiger partial charge in [0.25, 0.3) is 10.0 Å². The molecule has 2 amide bonds. The van der Waals surface area contributed by atoms with Gasteiger partial charge in [-0.1, -0.05) is 89.4 Å². The smallest absolute Gasteiger partial charge is 0.264 e. The number of sulfonamides is 1. The number of hydrogen-bond donors (Lipinski definition) is 1. The molecule has 0 aliphatic rings. The lowest BCUT2D eigenvalue weighted by atomic mass is 10.0. The number of hydrogen-bond acceptors (Lipinski definition) is 4. The molecular weight excluding hydrogens is 617 g/mol. The summed E-state index contributed by atoms with van der Waals surface area (Å²) in [5.74, 6) is -0.945. The van der Waals surface area contributed by atoms with Crippen LogP contribution in [0.5, 0.6) is 0 Å². The molecule has 0 aliphatic heterocycles. The Hall–Kier alpha value is -3.85. The summed E-state index contributed by atoms with van der Waals surface area (Å²) in [6, 6.07) is 25.3. The predicted molar refractivity (Wildman–Crippen MR) is 177 cm³/mol. The van der Waals surface area contributed by atoms with Crippen molar-refractivity contribution in [1.29, 1.82) is 0 Å². The molecule has 0 bridgehead atoms. The molecule has 0 heterocycles. The van der Waals surface area contributed by atoms with Gasteiger partial charge in [0.15, 0.2) is 0 Å². The van der Waals surface area contributed by atoms with Crippen LogP contribution in [0.25, 0.3) is 0 Å². The largest absolute Gasteiger partial charge is 0.357 e. The van der Waals surface area contributed by atoms with Crippen LogP contribution in [0.15, 0.2) is 95.9 Å². The fourth-order valence-corrected chi connectivity index (χ4v) is 6.69. The van der Waals surface area contributed by atoms with Gasteiger partial charge < -0.3 is 10.2 Å². The van der Waals surface area contributed by atoms with Crippen molar-refractivity contribution in [2.45, 2.75) is 44.7 Å². The normalized spacial score (nSPS) is 12.0. The number of amides is 2. The first-order valence-electron chi connectivity index (χ1n) is 14.1. The molecule has 230 valence electrons. The van der Waals surface area contributed by atoms with E-state index < -0.39 is 28.5 Å². The van der Waals surface area contributed by atoms with Gasteiger partial charge in [-0.3, -0.25) is 13.9 Å². The minimum Gasteiger partial charge on any atom is -0.357 e. The number of nitrogens with zero attached hydrogens (tertiary/aromatic N) is 2. The van der Waals surface area contributed by atoms with Crippen molar-refractivity contribution in [3.8, 4) is 0 Å². The summed E-state index contributed by atoms with van der Waals surface area (Å²) in [6.45, 7) is 4.98. The van der Waals surface area contributed by atoms with Gasteiger partial charge in [-0.05, 0) is 73.4 Å². The van der Waals surface area contributed by atoms with Crippen LogP contribution in [-0.2, 0) is 32.6 Å². The maximum atomic E-state index is 14.4. The van der Waals surface area contributed by atoms with Gasteiger partial charge in [0.1, 0.15) is 12.6 Å². The SMILES string of the molecule is CNC(=O)[C@@H](Cc1ccccc1)N(Cc1ccc(Cl)c(Cl)c1)C(=O)CN(c1cc(C)ccc1C)S(=O)(=O)c1ccc(C)cc1. The van der Waals surface area contributed by atoms with E-state index in [-0.39, 0.29) is 23.8 Å². The molecule has 4 rings (SSSR count). The topological polar surface area (TPSA) is 86.8 Å². The first kappa shape index (κ1) is 33.1. The second-order valence-corrected chi connectivity index (χ2v) is 13.4. The highest BCUT2D eigenvalue weighted by molar-refractivity contribution is 7.92. The number of likely N-dealkylation sites (N-methyl/N-ethyl adjacent to an activating group) is 1. The van der Waals surface area contributed by atoms with Crippen molar-refractivity contribution in [3.63, 3.8) is 0 Å². The molecule has 44 heavy (non-hydrogen) atoms. The molecule has 4 aromatic carbocycles. The van der Waals surface area contributed by atoms with E-state index in [0.29, 0.717) is 26.9 Å². The molecule has 0 aromatic heterocycles. The first-order valence-corrected chi connectivity index (χ1v) is 16.3. The lowest BCUT2D eigenvalue weighted by molar-refractivity contribution is -0.139. The monoisotopic (exact) mass is 651 g/mol. The summed E-state index contributed by atoms with van der Waals surface area (Å²) in [5, 5.41) is 3.33. The molecule has 10 heteroatoms. The molecule has 7 nitrogen and oxygen atoms in total. The van der Waals surface area contributed by atoms with Crippen molar-refractivity contribution in [2.75, 3.05) is 17.9 Å². The molecule has 0 radical (unpaired) electrons. The number of benzene rings is 4. The lowest BCUT2D eigenvalue weighted by Gasteiger charge is -2.34. The third-order valence-electron chi connectivity index (χ3n) is 7.38. The Morgan fingerprint density at radius 3 is 2.09 bits per heavy atom. The minimum absolute atomic E-state index is 0.00807. The third kappa shape index (κ3) is 7.80. The molecular formula is C34H35Cl2N3O4S. The van der Waals surface area contributed by atoms with E-state index in [0.717, 1.165) is 21.0 Å². The Bertz CT molecular complexity index is 1750. The van der Waals surface area contributed by atoms with Crippen LogP contribution >= 0.6 is 23.2 Å². The second kappa shape index (κ2) is 14.3. The Kier molecular flexibility index (Phi) is 10.7. The van der Waals surface area contributed by atoms with E-state index >= 15 is 0 Å². The van der Waals surface area contributed by atoms with Crippen molar-refractivity contribution in [2.24, 2.45) is 0 Å². The van der Waals surface area contributed by atoms with Gasteiger partial charge >= 0.3 is 0 Å². The number of aryl methyl sites for hydroxylation is 3. The van der Waals surface area contributed by atoms with Crippen LogP contribution in [0.3, 0.4) is 0 Å². The number of rotatable bonds is 11. The quantitative estimate of drug-likeness (QED) is 0.201. The van der Waals surface area contributed by atoms with Crippen molar-refractivity contribution in [1.82, 2.24) is 10.2 Å². The highest BCUT2D eigenvalue weighted by atomic mass is 35.5. The van der Waals surface area contributed by atoms with E-state index in [2.05, 4.69) is 5.32 Å².